The molecular formula is C25H23N5O2. The van der Waals surface area contributed by atoms with Crippen molar-refractivity contribution in [2.24, 2.45) is 5.41 Å². The Kier molecular flexibility index (Phi) is 4.24. The molecule has 6 rings (SSSR count). The molecule has 2 aliphatic carbocycles. The predicted molar refractivity (Wildman–Crippen MR) is 121 cm³/mol. The smallest absolute Gasteiger partial charge is 0.272 e. The first-order chi connectivity index (χ1) is 15.6. The van der Waals surface area contributed by atoms with Crippen LogP contribution in [0.1, 0.15) is 47.8 Å². The van der Waals surface area contributed by atoms with E-state index < -0.39 is 0 Å². The zero-order valence-electron chi connectivity index (χ0n) is 17.5. The number of carbonyl (C=O) groups excluding carboxylic acids is 1. The topological polar surface area (TPSA) is 92.7 Å². The Morgan fingerprint density at radius 2 is 1.69 bits per heavy atom. The molecule has 32 heavy (non-hydrogen) atoms. The first-order valence-electron chi connectivity index (χ1n) is 11.0. The number of H-pyrrole nitrogens is 1. The highest BCUT2D eigenvalue weighted by molar-refractivity contribution is 5.92. The standard InChI is InChI=1S/C25H23N5O2/c31-23-20-9-5-4-8-19(20)22(27-28-23)16-12-25(13-16)14-17(15-25)26-24(32)21-10-11-30(29-21)18-6-2-1-3-7-18/h1-11,16-17H,12-15H2,(H,26,32)(H,28,31). The molecule has 0 radical (unpaired) electrons. The molecule has 7 heteroatoms. The molecule has 2 heterocycles. The van der Waals surface area contributed by atoms with E-state index in [0.717, 1.165) is 42.5 Å². The summed E-state index contributed by atoms with van der Waals surface area (Å²) < 4.78 is 1.72. The van der Waals surface area contributed by atoms with Crippen molar-refractivity contribution in [2.45, 2.75) is 37.6 Å². The van der Waals surface area contributed by atoms with E-state index in [1.54, 1.807) is 10.7 Å². The normalized spacial score (nSPS) is 24.1. The van der Waals surface area contributed by atoms with Gasteiger partial charge in [-0.3, -0.25) is 9.59 Å². The molecule has 2 fully saturated rings. The summed E-state index contributed by atoms with van der Waals surface area (Å²) in [6.45, 7) is 0. The van der Waals surface area contributed by atoms with Crippen LogP contribution >= 0.6 is 0 Å². The number of nitrogens with one attached hydrogen (secondary N) is 2. The SMILES string of the molecule is O=C(NC1CC2(C1)CC(c1n[nH]c(=O)c3ccccc13)C2)c1ccn(-c2ccccc2)n1. The highest BCUT2D eigenvalue weighted by Crippen LogP contribution is 2.62. The minimum absolute atomic E-state index is 0.122. The fourth-order valence-corrected chi connectivity index (χ4v) is 5.48. The van der Waals surface area contributed by atoms with Crippen LogP contribution in [0.4, 0.5) is 0 Å². The molecular weight excluding hydrogens is 402 g/mol. The maximum atomic E-state index is 12.6. The molecule has 0 bridgehead atoms. The van der Waals surface area contributed by atoms with Crippen molar-refractivity contribution in [3.05, 3.63) is 88.6 Å². The fourth-order valence-electron chi connectivity index (χ4n) is 5.48. The second-order valence-electron chi connectivity index (χ2n) is 9.15. The number of rotatable bonds is 4. The van der Waals surface area contributed by atoms with Crippen molar-refractivity contribution < 1.29 is 4.79 Å². The summed E-state index contributed by atoms with van der Waals surface area (Å²) in [6, 6.07) is 19.4. The summed E-state index contributed by atoms with van der Waals surface area (Å²) in [6.07, 6.45) is 5.87. The number of benzene rings is 2. The Morgan fingerprint density at radius 3 is 2.47 bits per heavy atom. The Labute approximate surface area is 184 Å². The van der Waals surface area contributed by atoms with E-state index in [0.29, 0.717) is 17.0 Å². The highest BCUT2D eigenvalue weighted by Gasteiger charge is 2.54. The fraction of sp³-hybridized carbons (Fsp3) is 0.280. The van der Waals surface area contributed by atoms with Gasteiger partial charge in [-0.2, -0.15) is 10.2 Å². The molecule has 2 aromatic carbocycles. The van der Waals surface area contributed by atoms with E-state index in [1.165, 1.54) is 0 Å². The molecule has 0 unspecified atom stereocenters. The van der Waals surface area contributed by atoms with Crippen LogP contribution in [-0.4, -0.2) is 31.9 Å². The summed E-state index contributed by atoms with van der Waals surface area (Å²) >= 11 is 0. The maximum absolute atomic E-state index is 12.6. The van der Waals surface area contributed by atoms with Gasteiger partial charge in [0.1, 0.15) is 0 Å². The van der Waals surface area contributed by atoms with Crippen molar-refractivity contribution in [2.75, 3.05) is 0 Å². The van der Waals surface area contributed by atoms with Crippen molar-refractivity contribution in [3.8, 4) is 5.69 Å². The van der Waals surface area contributed by atoms with Gasteiger partial charge < -0.3 is 5.32 Å². The molecule has 2 N–H and O–H groups in total. The zero-order chi connectivity index (χ0) is 21.7. The van der Waals surface area contributed by atoms with Crippen molar-refractivity contribution >= 4 is 16.7 Å². The molecule has 0 saturated heterocycles. The molecule has 4 aromatic rings. The first kappa shape index (κ1) is 19.0. The largest absolute Gasteiger partial charge is 0.348 e. The number of amides is 1. The van der Waals surface area contributed by atoms with Crippen LogP contribution in [0.25, 0.3) is 16.5 Å². The highest BCUT2D eigenvalue weighted by atomic mass is 16.2. The maximum Gasteiger partial charge on any atom is 0.272 e. The summed E-state index contributed by atoms with van der Waals surface area (Å²) in [5.41, 5.74) is 2.50. The molecule has 2 saturated carbocycles. The molecule has 1 spiro atoms. The van der Waals surface area contributed by atoms with Crippen LogP contribution in [0.5, 0.6) is 0 Å². The second kappa shape index (κ2) is 7.15. The molecule has 160 valence electrons. The second-order valence-corrected chi connectivity index (χ2v) is 9.15. The van der Waals surface area contributed by atoms with E-state index in [9.17, 15) is 9.59 Å². The van der Waals surface area contributed by atoms with E-state index in [2.05, 4.69) is 20.6 Å². The van der Waals surface area contributed by atoms with Gasteiger partial charge in [0.2, 0.25) is 0 Å². The van der Waals surface area contributed by atoms with Crippen LogP contribution in [0.2, 0.25) is 0 Å². The van der Waals surface area contributed by atoms with Gasteiger partial charge in [0, 0.05) is 23.5 Å². The third-order valence-electron chi connectivity index (χ3n) is 7.01. The summed E-state index contributed by atoms with van der Waals surface area (Å²) in [5.74, 6) is 0.235. The molecule has 2 aliphatic rings. The number of hydrogen-bond acceptors (Lipinski definition) is 4. The quantitative estimate of drug-likeness (QED) is 0.523. The molecule has 1 amide bonds. The number of nitrogens with zero attached hydrogens (tertiary/aromatic N) is 3. The number of hydrogen-bond donors (Lipinski definition) is 2. The lowest BCUT2D eigenvalue weighted by Gasteiger charge is -2.57. The lowest BCUT2D eigenvalue weighted by Crippen LogP contribution is -2.55. The van der Waals surface area contributed by atoms with Gasteiger partial charge in [-0.05, 0) is 55.4 Å². The van der Waals surface area contributed by atoms with E-state index in [4.69, 9.17) is 0 Å². The number of carbonyl (C=O) groups is 1. The van der Waals surface area contributed by atoms with Crippen molar-refractivity contribution in [1.82, 2.24) is 25.3 Å². The molecule has 0 atom stereocenters. The minimum atomic E-state index is -0.139. The number of aromatic nitrogens is 4. The zero-order valence-corrected chi connectivity index (χ0v) is 17.5. The Morgan fingerprint density at radius 1 is 0.969 bits per heavy atom. The van der Waals surface area contributed by atoms with Crippen molar-refractivity contribution in [3.63, 3.8) is 0 Å². The van der Waals surface area contributed by atoms with E-state index in [-0.39, 0.29) is 22.9 Å². The van der Waals surface area contributed by atoms with Gasteiger partial charge in [0.25, 0.3) is 11.5 Å². The van der Waals surface area contributed by atoms with E-state index >= 15 is 0 Å². The van der Waals surface area contributed by atoms with Gasteiger partial charge >= 0.3 is 0 Å². The molecule has 7 nitrogen and oxygen atoms in total. The minimum Gasteiger partial charge on any atom is -0.348 e. The van der Waals surface area contributed by atoms with Crippen LogP contribution in [-0.2, 0) is 0 Å². The predicted octanol–water partition coefficient (Wildman–Crippen LogP) is 3.57. The average Bonchev–Trinajstić information content (AvgIpc) is 3.27. The van der Waals surface area contributed by atoms with Gasteiger partial charge in [-0.1, -0.05) is 36.4 Å². The van der Waals surface area contributed by atoms with Gasteiger partial charge in [-0.15, -0.1) is 0 Å². The van der Waals surface area contributed by atoms with E-state index in [1.807, 2.05) is 60.8 Å². The van der Waals surface area contributed by atoms with Gasteiger partial charge in [0.15, 0.2) is 5.69 Å². The van der Waals surface area contributed by atoms with Crippen LogP contribution in [0.3, 0.4) is 0 Å². The summed E-state index contributed by atoms with van der Waals surface area (Å²) in [4.78, 5) is 24.7. The van der Waals surface area contributed by atoms with Crippen LogP contribution < -0.4 is 10.9 Å². The molecule has 0 aliphatic heterocycles. The van der Waals surface area contributed by atoms with Gasteiger partial charge in [0.05, 0.1) is 16.8 Å². The average molecular weight is 425 g/mol. The monoisotopic (exact) mass is 425 g/mol. The first-order valence-corrected chi connectivity index (χ1v) is 11.0. The molecule has 2 aromatic heterocycles. The van der Waals surface area contributed by atoms with Crippen LogP contribution in [0.15, 0.2) is 71.7 Å². The Bertz CT molecular complexity index is 1360. The van der Waals surface area contributed by atoms with Gasteiger partial charge in [-0.25, -0.2) is 9.78 Å². The third-order valence-corrected chi connectivity index (χ3v) is 7.01. The summed E-state index contributed by atoms with van der Waals surface area (Å²) in [5, 5.41) is 16.2. The number of aromatic amines is 1. The number of fused-ring (bicyclic) bond motifs is 1. The lowest BCUT2D eigenvalue weighted by atomic mass is 9.49. The Hall–Kier alpha value is -3.74. The number of para-hydroxylation sites is 1. The van der Waals surface area contributed by atoms with Crippen LogP contribution in [0, 0.1) is 5.41 Å². The third kappa shape index (κ3) is 3.12. The lowest BCUT2D eigenvalue weighted by molar-refractivity contribution is -0.0197. The summed E-state index contributed by atoms with van der Waals surface area (Å²) in [7, 11) is 0. The van der Waals surface area contributed by atoms with Crippen molar-refractivity contribution in [1.29, 1.82) is 0 Å². The Balaban J connectivity index is 1.07.